The smallest absolute Gasteiger partial charge is 0.0249 e. The average molecular weight is 273 g/mol. The lowest BCUT2D eigenvalue weighted by Gasteiger charge is -2.53. The van der Waals surface area contributed by atoms with Crippen molar-refractivity contribution >= 4 is 0 Å². The Labute approximate surface area is 125 Å². The standard InChI is InChI=1S/C19H31N/c1-14-11-15(2)17(16(3)12-14)13-20-18(4,5)9-8-10-19(20,6)7/h11-12H,8-10,13H2,1-7H3. The molecule has 0 aromatic heterocycles. The molecule has 2 rings (SSSR count). The van der Waals surface area contributed by atoms with Gasteiger partial charge in [0.1, 0.15) is 0 Å². The molecule has 0 spiro atoms. The lowest BCUT2D eigenvalue weighted by atomic mass is 9.79. The van der Waals surface area contributed by atoms with E-state index in [1.54, 1.807) is 0 Å². The molecule has 1 aromatic rings. The molecular weight excluding hydrogens is 242 g/mol. The van der Waals surface area contributed by atoms with Crippen molar-refractivity contribution in [2.75, 3.05) is 0 Å². The van der Waals surface area contributed by atoms with E-state index in [2.05, 4.69) is 65.5 Å². The molecule has 0 amide bonds. The van der Waals surface area contributed by atoms with Crippen LogP contribution in [0.5, 0.6) is 0 Å². The Morgan fingerprint density at radius 1 is 0.900 bits per heavy atom. The molecule has 1 heteroatoms. The second-order valence-electron chi connectivity index (χ2n) is 7.94. The Hall–Kier alpha value is -0.820. The summed E-state index contributed by atoms with van der Waals surface area (Å²) in [5.74, 6) is 0. The van der Waals surface area contributed by atoms with Gasteiger partial charge in [0.05, 0.1) is 0 Å². The molecule has 1 aliphatic rings. The van der Waals surface area contributed by atoms with E-state index in [1.807, 2.05) is 0 Å². The minimum atomic E-state index is 0.297. The predicted molar refractivity (Wildman–Crippen MR) is 88.2 cm³/mol. The van der Waals surface area contributed by atoms with Crippen LogP contribution in [-0.4, -0.2) is 16.0 Å². The van der Waals surface area contributed by atoms with Crippen molar-refractivity contribution in [2.45, 2.75) is 85.4 Å². The monoisotopic (exact) mass is 273 g/mol. The van der Waals surface area contributed by atoms with Crippen LogP contribution in [0.3, 0.4) is 0 Å². The van der Waals surface area contributed by atoms with Gasteiger partial charge in [-0.05, 0) is 84.4 Å². The van der Waals surface area contributed by atoms with Gasteiger partial charge in [-0.25, -0.2) is 0 Å². The van der Waals surface area contributed by atoms with E-state index in [0.29, 0.717) is 11.1 Å². The topological polar surface area (TPSA) is 3.24 Å². The Morgan fingerprint density at radius 2 is 1.35 bits per heavy atom. The number of piperidine rings is 1. The van der Waals surface area contributed by atoms with Crippen LogP contribution < -0.4 is 0 Å². The van der Waals surface area contributed by atoms with Gasteiger partial charge < -0.3 is 0 Å². The third-order valence-electron chi connectivity index (χ3n) is 5.20. The van der Waals surface area contributed by atoms with Gasteiger partial charge in [-0.1, -0.05) is 17.7 Å². The Bertz CT molecular complexity index is 457. The number of likely N-dealkylation sites (tertiary alicyclic amines) is 1. The van der Waals surface area contributed by atoms with Crippen molar-refractivity contribution in [3.8, 4) is 0 Å². The first-order valence-corrected chi connectivity index (χ1v) is 7.98. The number of benzene rings is 1. The molecule has 1 nitrogen and oxygen atoms in total. The largest absolute Gasteiger partial charge is 0.289 e. The number of nitrogens with zero attached hydrogens (tertiary/aromatic N) is 1. The summed E-state index contributed by atoms with van der Waals surface area (Å²) < 4.78 is 0. The predicted octanol–water partition coefficient (Wildman–Crippen LogP) is 5.15. The van der Waals surface area contributed by atoms with Crippen LogP contribution >= 0.6 is 0 Å². The third kappa shape index (κ3) is 2.93. The number of rotatable bonds is 2. The summed E-state index contributed by atoms with van der Waals surface area (Å²) in [4.78, 5) is 2.73. The molecule has 0 radical (unpaired) electrons. The lowest BCUT2D eigenvalue weighted by Crippen LogP contribution is -2.57. The molecule has 1 saturated heterocycles. The normalized spacial score (nSPS) is 21.9. The number of aryl methyl sites for hydroxylation is 3. The van der Waals surface area contributed by atoms with Gasteiger partial charge in [-0.3, -0.25) is 4.90 Å². The highest BCUT2D eigenvalue weighted by molar-refractivity contribution is 5.37. The van der Waals surface area contributed by atoms with E-state index in [-0.39, 0.29) is 0 Å². The van der Waals surface area contributed by atoms with Crippen molar-refractivity contribution in [2.24, 2.45) is 0 Å². The van der Waals surface area contributed by atoms with Crippen molar-refractivity contribution in [3.63, 3.8) is 0 Å². The Kier molecular flexibility index (Phi) is 4.03. The van der Waals surface area contributed by atoms with E-state index in [9.17, 15) is 0 Å². The Morgan fingerprint density at radius 3 is 1.80 bits per heavy atom. The van der Waals surface area contributed by atoms with Gasteiger partial charge >= 0.3 is 0 Å². The fourth-order valence-electron chi connectivity index (χ4n) is 4.09. The van der Waals surface area contributed by atoms with Gasteiger partial charge in [0.25, 0.3) is 0 Å². The average Bonchev–Trinajstić information content (AvgIpc) is 2.24. The highest BCUT2D eigenvalue weighted by Crippen LogP contribution is 2.39. The highest BCUT2D eigenvalue weighted by atomic mass is 15.3. The minimum absolute atomic E-state index is 0.297. The first-order valence-electron chi connectivity index (χ1n) is 7.98. The maximum atomic E-state index is 2.73. The van der Waals surface area contributed by atoms with Crippen LogP contribution in [0.1, 0.15) is 69.2 Å². The zero-order chi connectivity index (χ0) is 15.1. The first kappa shape index (κ1) is 15.6. The minimum Gasteiger partial charge on any atom is -0.289 e. The lowest BCUT2D eigenvalue weighted by molar-refractivity contribution is -0.0342. The summed E-state index contributed by atoms with van der Waals surface area (Å²) in [7, 11) is 0. The molecule has 0 N–H and O–H groups in total. The summed E-state index contributed by atoms with van der Waals surface area (Å²) in [6.45, 7) is 17.4. The highest BCUT2D eigenvalue weighted by Gasteiger charge is 2.41. The molecule has 20 heavy (non-hydrogen) atoms. The van der Waals surface area contributed by atoms with Crippen molar-refractivity contribution < 1.29 is 0 Å². The second-order valence-corrected chi connectivity index (χ2v) is 7.94. The molecule has 0 bridgehead atoms. The molecule has 1 aliphatic heterocycles. The fraction of sp³-hybridized carbons (Fsp3) is 0.684. The van der Waals surface area contributed by atoms with Crippen LogP contribution in [0.15, 0.2) is 12.1 Å². The molecule has 0 aliphatic carbocycles. The molecular formula is C19H31N. The van der Waals surface area contributed by atoms with Gasteiger partial charge in [0.15, 0.2) is 0 Å². The van der Waals surface area contributed by atoms with E-state index in [4.69, 9.17) is 0 Å². The third-order valence-corrected chi connectivity index (χ3v) is 5.20. The SMILES string of the molecule is Cc1cc(C)c(CN2C(C)(C)CCCC2(C)C)c(C)c1. The number of hydrogen-bond acceptors (Lipinski definition) is 1. The van der Waals surface area contributed by atoms with Gasteiger partial charge in [0.2, 0.25) is 0 Å². The molecule has 112 valence electrons. The zero-order valence-electron chi connectivity index (χ0n) is 14.4. The fourth-order valence-corrected chi connectivity index (χ4v) is 4.09. The van der Waals surface area contributed by atoms with Crippen LogP contribution in [0.25, 0.3) is 0 Å². The van der Waals surface area contributed by atoms with Gasteiger partial charge in [-0.2, -0.15) is 0 Å². The van der Waals surface area contributed by atoms with Crippen LogP contribution in [0.4, 0.5) is 0 Å². The summed E-state index contributed by atoms with van der Waals surface area (Å²) in [5.41, 5.74) is 6.38. The maximum absolute atomic E-state index is 2.73. The van der Waals surface area contributed by atoms with Crippen LogP contribution in [-0.2, 0) is 6.54 Å². The molecule has 0 unspecified atom stereocenters. The van der Waals surface area contributed by atoms with Crippen molar-refractivity contribution in [1.29, 1.82) is 0 Å². The zero-order valence-corrected chi connectivity index (χ0v) is 14.4. The van der Waals surface area contributed by atoms with Crippen molar-refractivity contribution in [1.82, 2.24) is 4.90 Å². The molecule has 1 aromatic carbocycles. The van der Waals surface area contributed by atoms with Crippen LogP contribution in [0.2, 0.25) is 0 Å². The van der Waals surface area contributed by atoms with Gasteiger partial charge in [0, 0.05) is 17.6 Å². The summed E-state index contributed by atoms with van der Waals surface area (Å²) in [5, 5.41) is 0. The van der Waals surface area contributed by atoms with Gasteiger partial charge in [-0.15, -0.1) is 0 Å². The summed E-state index contributed by atoms with van der Waals surface area (Å²) in [6.07, 6.45) is 3.96. The number of hydrogen-bond donors (Lipinski definition) is 0. The van der Waals surface area contributed by atoms with Crippen LogP contribution in [0, 0.1) is 20.8 Å². The molecule has 1 fully saturated rings. The summed E-state index contributed by atoms with van der Waals surface area (Å²) in [6, 6.07) is 4.65. The molecule has 1 heterocycles. The van der Waals surface area contributed by atoms with E-state index in [0.717, 1.165) is 6.54 Å². The quantitative estimate of drug-likeness (QED) is 0.720. The maximum Gasteiger partial charge on any atom is 0.0249 e. The molecule has 0 atom stereocenters. The van der Waals surface area contributed by atoms with E-state index in [1.165, 1.54) is 41.5 Å². The van der Waals surface area contributed by atoms with E-state index >= 15 is 0 Å². The van der Waals surface area contributed by atoms with Crippen molar-refractivity contribution in [3.05, 3.63) is 34.4 Å². The first-order chi connectivity index (χ1) is 9.13. The van der Waals surface area contributed by atoms with E-state index < -0.39 is 0 Å². The summed E-state index contributed by atoms with van der Waals surface area (Å²) >= 11 is 0. The second kappa shape index (κ2) is 5.18. The molecule has 0 saturated carbocycles. The Balaban J connectivity index is 2.36.